The molecule has 4 heterocycles. The molecule has 38 heavy (non-hydrogen) atoms. The molecule has 0 bridgehead atoms. The maximum Gasteiger partial charge on any atom is 0.419 e. The van der Waals surface area contributed by atoms with Crippen molar-refractivity contribution in [1.29, 1.82) is 5.26 Å². The van der Waals surface area contributed by atoms with Crippen LogP contribution in [-0.2, 0) is 10.9 Å². The fraction of sp³-hybridized carbons (Fsp3) is 0.423. The third-order valence-corrected chi connectivity index (χ3v) is 6.81. The molecule has 1 aromatic carbocycles. The summed E-state index contributed by atoms with van der Waals surface area (Å²) in [4.78, 5) is 24.0. The summed E-state index contributed by atoms with van der Waals surface area (Å²) in [5.41, 5.74) is 0.445. The van der Waals surface area contributed by atoms with Gasteiger partial charge in [-0.2, -0.15) is 33.4 Å². The third-order valence-electron chi connectivity index (χ3n) is 6.81. The zero-order valence-electron chi connectivity index (χ0n) is 20.9. The lowest BCUT2D eigenvalue weighted by molar-refractivity contribution is -0.137. The topological polar surface area (TPSA) is 94.3 Å². The van der Waals surface area contributed by atoms with E-state index in [0.29, 0.717) is 61.6 Å². The first-order valence-electron chi connectivity index (χ1n) is 12.4. The van der Waals surface area contributed by atoms with Crippen LogP contribution in [0.15, 0.2) is 42.6 Å². The molecular formula is C26H27F3N8O. The number of anilines is 3. The zero-order valence-corrected chi connectivity index (χ0v) is 20.9. The van der Waals surface area contributed by atoms with Crippen molar-refractivity contribution in [2.45, 2.75) is 25.1 Å². The molecule has 0 radical (unpaired) electrons. The first kappa shape index (κ1) is 25.7. The van der Waals surface area contributed by atoms with Crippen LogP contribution in [0, 0.1) is 11.3 Å². The average Bonchev–Trinajstić information content (AvgIpc) is 3.41. The summed E-state index contributed by atoms with van der Waals surface area (Å²) in [6.07, 6.45) is -1.16. The van der Waals surface area contributed by atoms with Crippen LogP contribution in [0.4, 0.5) is 30.9 Å². The molecule has 0 aliphatic carbocycles. The lowest BCUT2D eigenvalue weighted by Crippen LogP contribution is -2.48. The van der Waals surface area contributed by atoms with Crippen LogP contribution in [0.3, 0.4) is 0 Å². The monoisotopic (exact) mass is 524 g/mol. The smallest absolute Gasteiger partial charge is 0.383 e. The molecule has 0 amide bonds. The minimum atomic E-state index is -4.48. The Bertz CT molecular complexity index is 1320. The number of nitriles is 1. The molecule has 1 atom stereocenters. The second kappa shape index (κ2) is 10.8. The molecule has 2 saturated heterocycles. The van der Waals surface area contributed by atoms with Gasteiger partial charge in [-0.1, -0.05) is 12.1 Å². The first-order valence-corrected chi connectivity index (χ1v) is 12.4. The molecule has 1 unspecified atom stereocenters. The predicted molar refractivity (Wildman–Crippen MR) is 136 cm³/mol. The first-order chi connectivity index (χ1) is 18.4. The Balaban J connectivity index is 1.45. The summed E-state index contributed by atoms with van der Waals surface area (Å²) >= 11 is 0. The standard InChI is InChI=1S/C26H27F3N8O/c1-38-17-20-7-4-10-37(20)25-33-22(19-6-2-5-18(15-19)16-30)32-24(34-25)36-13-11-35(12-14-36)23-21(26(27,28)29)8-3-9-31-23/h2-3,5-6,8-9,15,20H,4,7,10-14,17H2,1H3. The van der Waals surface area contributed by atoms with Crippen molar-refractivity contribution < 1.29 is 17.9 Å². The number of halogens is 3. The Hall–Kier alpha value is -3.98. The van der Waals surface area contributed by atoms with E-state index in [-0.39, 0.29) is 11.9 Å². The van der Waals surface area contributed by atoms with E-state index < -0.39 is 11.7 Å². The highest BCUT2D eigenvalue weighted by Crippen LogP contribution is 2.35. The van der Waals surface area contributed by atoms with Gasteiger partial charge in [0.2, 0.25) is 11.9 Å². The highest BCUT2D eigenvalue weighted by molar-refractivity contribution is 5.61. The number of methoxy groups -OCH3 is 1. The minimum Gasteiger partial charge on any atom is -0.383 e. The molecule has 0 N–H and O–H groups in total. The molecule has 2 aromatic heterocycles. The van der Waals surface area contributed by atoms with Crippen LogP contribution < -0.4 is 14.7 Å². The zero-order chi connectivity index (χ0) is 26.7. The van der Waals surface area contributed by atoms with Crippen molar-refractivity contribution in [2.24, 2.45) is 0 Å². The van der Waals surface area contributed by atoms with Gasteiger partial charge in [0.15, 0.2) is 5.82 Å². The molecule has 5 rings (SSSR count). The fourth-order valence-corrected chi connectivity index (χ4v) is 4.93. The number of nitrogens with zero attached hydrogens (tertiary/aromatic N) is 8. The number of hydrogen-bond donors (Lipinski definition) is 0. The van der Waals surface area contributed by atoms with Gasteiger partial charge in [0.05, 0.1) is 29.8 Å². The van der Waals surface area contributed by atoms with Crippen LogP contribution >= 0.6 is 0 Å². The number of aromatic nitrogens is 4. The van der Waals surface area contributed by atoms with E-state index in [9.17, 15) is 18.4 Å². The highest BCUT2D eigenvalue weighted by Gasteiger charge is 2.36. The molecule has 0 saturated carbocycles. The van der Waals surface area contributed by atoms with Gasteiger partial charge in [-0.05, 0) is 37.1 Å². The molecular weight excluding hydrogens is 497 g/mol. The number of benzene rings is 1. The van der Waals surface area contributed by atoms with Gasteiger partial charge < -0.3 is 19.4 Å². The Labute approximate surface area is 218 Å². The molecule has 2 aliphatic heterocycles. The predicted octanol–water partition coefficient (Wildman–Crippen LogP) is 3.77. The maximum atomic E-state index is 13.5. The summed E-state index contributed by atoms with van der Waals surface area (Å²) in [6.45, 7) is 2.81. The number of piperazine rings is 1. The van der Waals surface area contributed by atoms with E-state index >= 15 is 0 Å². The summed E-state index contributed by atoms with van der Waals surface area (Å²) in [5, 5.41) is 9.36. The van der Waals surface area contributed by atoms with E-state index in [1.54, 1.807) is 30.2 Å². The van der Waals surface area contributed by atoms with Crippen LogP contribution in [0.5, 0.6) is 0 Å². The summed E-state index contributed by atoms with van der Waals surface area (Å²) < 4.78 is 46.0. The second-order valence-corrected chi connectivity index (χ2v) is 9.24. The Morgan fingerprint density at radius 3 is 2.50 bits per heavy atom. The number of hydrogen-bond acceptors (Lipinski definition) is 9. The van der Waals surface area contributed by atoms with Gasteiger partial charge in [-0.15, -0.1) is 0 Å². The number of rotatable bonds is 6. The van der Waals surface area contributed by atoms with Crippen molar-refractivity contribution >= 4 is 17.7 Å². The van der Waals surface area contributed by atoms with Crippen molar-refractivity contribution in [3.63, 3.8) is 0 Å². The molecule has 2 fully saturated rings. The Morgan fingerprint density at radius 2 is 1.76 bits per heavy atom. The van der Waals surface area contributed by atoms with Gasteiger partial charge >= 0.3 is 6.18 Å². The van der Waals surface area contributed by atoms with Gasteiger partial charge in [0.1, 0.15) is 5.82 Å². The molecule has 12 heteroatoms. The number of pyridine rings is 1. The molecule has 2 aliphatic rings. The summed E-state index contributed by atoms with van der Waals surface area (Å²) in [7, 11) is 1.67. The molecule has 9 nitrogen and oxygen atoms in total. The highest BCUT2D eigenvalue weighted by atomic mass is 19.4. The van der Waals surface area contributed by atoms with Crippen molar-refractivity contribution in [1.82, 2.24) is 19.9 Å². The van der Waals surface area contributed by atoms with E-state index in [2.05, 4.69) is 16.0 Å². The largest absolute Gasteiger partial charge is 0.419 e. The molecule has 3 aromatic rings. The SMILES string of the molecule is COCC1CCCN1c1nc(-c2cccc(C#N)c2)nc(N2CCN(c3ncccc3C(F)(F)F)CC2)n1. The maximum absolute atomic E-state index is 13.5. The van der Waals surface area contributed by atoms with E-state index in [1.165, 1.54) is 12.3 Å². The van der Waals surface area contributed by atoms with Crippen LogP contribution in [0.25, 0.3) is 11.4 Å². The van der Waals surface area contributed by atoms with Gasteiger partial charge in [-0.3, -0.25) is 0 Å². The summed E-state index contributed by atoms with van der Waals surface area (Å²) in [5.74, 6) is 1.35. The van der Waals surface area contributed by atoms with Gasteiger partial charge in [-0.25, -0.2) is 4.98 Å². The van der Waals surface area contributed by atoms with E-state index in [4.69, 9.17) is 19.7 Å². The molecule has 0 spiro atoms. The lowest BCUT2D eigenvalue weighted by Gasteiger charge is -2.36. The average molecular weight is 525 g/mol. The summed E-state index contributed by atoms with van der Waals surface area (Å²) in [6, 6.07) is 11.7. The van der Waals surface area contributed by atoms with Crippen molar-refractivity contribution in [2.75, 3.05) is 61.1 Å². The minimum absolute atomic E-state index is 0.0653. The number of ether oxygens (including phenoxy) is 1. The van der Waals surface area contributed by atoms with Crippen molar-refractivity contribution in [3.8, 4) is 17.5 Å². The van der Waals surface area contributed by atoms with Crippen LogP contribution in [-0.4, -0.2) is 72.4 Å². The second-order valence-electron chi connectivity index (χ2n) is 9.24. The van der Waals surface area contributed by atoms with Gasteiger partial charge in [0.25, 0.3) is 0 Å². The van der Waals surface area contributed by atoms with Crippen LogP contribution in [0.1, 0.15) is 24.0 Å². The van der Waals surface area contributed by atoms with Gasteiger partial charge in [0, 0.05) is 51.6 Å². The fourth-order valence-electron chi connectivity index (χ4n) is 4.93. The Kier molecular flexibility index (Phi) is 7.28. The van der Waals surface area contributed by atoms with Crippen molar-refractivity contribution in [3.05, 3.63) is 53.7 Å². The third kappa shape index (κ3) is 5.33. The lowest BCUT2D eigenvalue weighted by atomic mass is 10.1. The van der Waals surface area contributed by atoms with E-state index in [1.807, 2.05) is 11.0 Å². The quantitative estimate of drug-likeness (QED) is 0.478. The van der Waals surface area contributed by atoms with Crippen LogP contribution in [0.2, 0.25) is 0 Å². The number of alkyl halides is 3. The molecule has 198 valence electrons. The normalized spacial score (nSPS) is 18.1. The Morgan fingerprint density at radius 1 is 1.00 bits per heavy atom. The van der Waals surface area contributed by atoms with E-state index in [0.717, 1.165) is 25.5 Å².